The van der Waals surface area contributed by atoms with Gasteiger partial charge in [-0.25, -0.2) is 9.78 Å². The zero-order valence-corrected chi connectivity index (χ0v) is 15.8. The summed E-state index contributed by atoms with van der Waals surface area (Å²) >= 11 is 1.09. The van der Waals surface area contributed by atoms with Gasteiger partial charge in [0.1, 0.15) is 22.7 Å². The quantitative estimate of drug-likeness (QED) is 0.766. The molecular formula is C19H19N3O5S. The minimum atomic E-state index is -0.593. The lowest BCUT2D eigenvalue weighted by Crippen LogP contribution is -2.28. The van der Waals surface area contributed by atoms with Crippen LogP contribution in [0.3, 0.4) is 0 Å². The summed E-state index contributed by atoms with van der Waals surface area (Å²) in [5, 5.41) is 2.91. The van der Waals surface area contributed by atoms with E-state index < -0.39 is 12.1 Å². The van der Waals surface area contributed by atoms with E-state index in [1.165, 1.54) is 6.26 Å². The lowest BCUT2D eigenvalue weighted by atomic mass is 10.0. The third-order valence-electron chi connectivity index (χ3n) is 4.41. The fourth-order valence-electron chi connectivity index (χ4n) is 2.99. The number of aromatic nitrogens is 1. The van der Waals surface area contributed by atoms with E-state index in [9.17, 15) is 9.59 Å². The molecule has 9 heteroatoms. The number of carbonyl (C=O) groups is 2. The second-order valence-electron chi connectivity index (χ2n) is 6.36. The van der Waals surface area contributed by atoms with Gasteiger partial charge >= 0.3 is 6.09 Å². The van der Waals surface area contributed by atoms with Gasteiger partial charge in [-0.15, -0.1) is 0 Å². The molecule has 0 aliphatic carbocycles. The summed E-state index contributed by atoms with van der Waals surface area (Å²) in [7, 11) is 0. The molecule has 1 fully saturated rings. The first-order valence-electron chi connectivity index (χ1n) is 9.03. The maximum absolute atomic E-state index is 13.0. The highest BCUT2D eigenvalue weighted by Gasteiger charge is 2.28. The summed E-state index contributed by atoms with van der Waals surface area (Å²) in [6.07, 6.45) is 7.92. The molecule has 2 aromatic heterocycles. The van der Waals surface area contributed by atoms with Crippen LogP contribution in [0, 0.1) is 0 Å². The summed E-state index contributed by atoms with van der Waals surface area (Å²) in [4.78, 5) is 34.2. The zero-order valence-electron chi connectivity index (χ0n) is 15.0. The summed E-state index contributed by atoms with van der Waals surface area (Å²) < 4.78 is 16.1. The van der Waals surface area contributed by atoms with Gasteiger partial charge in [0.15, 0.2) is 16.7 Å². The van der Waals surface area contributed by atoms with Gasteiger partial charge in [0.2, 0.25) is 0 Å². The van der Waals surface area contributed by atoms with E-state index in [-0.39, 0.29) is 17.0 Å². The molecule has 0 aromatic carbocycles. The van der Waals surface area contributed by atoms with Gasteiger partial charge in [-0.05, 0) is 24.6 Å². The molecule has 2 aromatic rings. The summed E-state index contributed by atoms with van der Waals surface area (Å²) in [6.45, 7) is 1.15. The van der Waals surface area contributed by atoms with Crippen molar-refractivity contribution in [3.8, 4) is 11.5 Å². The van der Waals surface area contributed by atoms with Gasteiger partial charge in [-0.3, -0.25) is 15.1 Å². The Balaban J connectivity index is 1.53. The lowest BCUT2D eigenvalue weighted by molar-refractivity contribution is 0.00592. The van der Waals surface area contributed by atoms with Crippen molar-refractivity contribution in [3.05, 3.63) is 35.4 Å². The number of aliphatic imine (C=N–C) groups is 1. The van der Waals surface area contributed by atoms with E-state index in [4.69, 9.17) is 13.9 Å². The number of rotatable bonds is 5. The van der Waals surface area contributed by atoms with Crippen molar-refractivity contribution < 1.29 is 23.5 Å². The van der Waals surface area contributed by atoms with Gasteiger partial charge in [0.25, 0.3) is 0 Å². The molecule has 1 N–H and O–H groups in total. The molecule has 1 atom stereocenters. The second-order valence-corrected chi connectivity index (χ2v) is 7.36. The van der Waals surface area contributed by atoms with Crippen LogP contribution in [0.1, 0.15) is 28.9 Å². The molecular weight excluding hydrogens is 382 g/mol. The Morgan fingerprint density at radius 2 is 2.14 bits per heavy atom. The van der Waals surface area contributed by atoms with Crippen LogP contribution in [0.15, 0.2) is 40.0 Å². The van der Waals surface area contributed by atoms with Crippen LogP contribution in [0.4, 0.5) is 9.93 Å². The number of Topliss-reactive ketones (excluding diaryl/α,β-unsaturated/α-hetero) is 1. The number of nitrogens with one attached hydrogen (secondary N) is 1. The number of nitrogens with zero attached hydrogens (tertiary/aromatic N) is 2. The average Bonchev–Trinajstić information content (AvgIpc) is 3.38. The Kier molecular flexibility index (Phi) is 5.63. The summed E-state index contributed by atoms with van der Waals surface area (Å²) in [5.41, 5.74) is 0.395. The minimum Gasteiger partial charge on any atom is -0.463 e. The number of dihydropyridines is 1. The molecule has 28 heavy (non-hydrogen) atoms. The maximum Gasteiger partial charge on any atom is 0.413 e. The monoisotopic (exact) mass is 401 g/mol. The van der Waals surface area contributed by atoms with Crippen molar-refractivity contribution in [2.75, 3.05) is 18.5 Å². The van der Waals surface area contributed by atoms with Gasteiger partial charge in [0.05, 0.1) is 19.5 Å². The van der Waals surface area contributed by atoms with E-state index in [2.05, 4.69) is 15.3 Å². The van der Waals surface area contributed by atoms with Gasteiger partial charge in [-0.1, -0.05) is 17.4 Å². The summed E-state index contributed by atoms with van der Waals surface area (Å²) in [6, 6.07) is 2.94. The molecule has 1 unspecified atom stereocenters. The van der Waals surface area contributed by atoms with Gasteiger partial charge < -0.3 is 13.9 Å². The van der Waals surface area contributed by atoms with Crippen LogP contribution in [-0.2, 0) is 9.47 Å². The number of ketones is 1. The van der Waals surface area contributed by atoms with Crippen molar-refractivity contribution in [1.29, 1.82) is 0 Å². The minimum absolute atomic E-state index is 0.157. The molecule has 8 nitrogen and oxygen atoms in total. The number of hydrogen-bond donors (Lipinski definition) is 1. The third kappa shape index (κ3) is 4.20. The Hall–Kier alpha value is -2.78. The van der Waals surface area contributed by atoms with Crippen molar-refractivity contribution in [2.45, 2.75) is 31.4 Å². The van der Waals surface area contributed by atoms with E-state index in [1.807, 2.05) is 12.2 Å². The van der Waals surface area contributed by atoms with Crippen LogP contribution in [0.5, 0.6) is 0 Å². The molecule has 146 valence electrons. The van der Waals surface area contributed by atoms with E-state index in [0.717, 1.165) is 11.3 Å². The first-order chi connectivity index (χ1) is 13.7. The highest BCUT2D eigenvalue weighted by atomic mass is 32.1. The average molecular weight is 401 g/mol. The van der Waals surface area contributed by atoms with Gasteiger partial charge in [-0.2, -0.15) is 0 Å². The topological polar surface area (TPSA) is 103 Å². The van der Waals surface area contributed by atoms with Crippen LogP contribution in [-0.4, -0.2) is 48.4 Å². The molecule has 0 saturated carbocycles. The fourth-order valence-corrected chi connectivity index (χ4v) is 3.94. The highest BCUT2D eigenvalue weighted by molar-refractivity contribution is 7.18. The molecule has 4 rings (SSSR count). The number of anilines is 1. The molecule has 2 aliphatic rings. The predicted molar refractivity (Wildman–Crippen MR) is 104 cm³/mol. The molecule has 1 saturated heterocycles. The van der Waals surface area contributed by atoms with Crippen molar-refractivity contribution >= 4 is 34.6 Å². The van der Waals surface area contributed by atoms with Crippen molar-refractivity contribution in [1.82, 2.24) is 4.98 Å². The zero-order chi connectivity index (χ0) is 19.3. The Morgan fingerprint density at radius 3 is 2.86 bits per heavy atom. The number of hydrogen-bond acceptors (Lipinski definition) is 8. The second kappa shape index (κ2) is 8.49. The van der Waals surface area contributed by atoms with Gasteiger partial charge in [0, 0.05) is 19.1 Å². The normalized spacial score (nSPS) is 19.5. The van der Waals surface area contributed by atoms with Crippen LogP contribution in [0.2, 0.25) is 0 Å². The molecule has 0 bridgehead atoms. The van der Waals surface area contributed by atoms with Crippen LogP contribution in [0.25, 0.3) is 11.5 Å². The first-order valence-corrected chi connectivity index (χ1v) is 9.85. The van der Waals surface area contributed by atoms with E-state index in [0.29, 0.717) is 48.8 Å². The number of thiazole rings is 1. The molecule has 1 amide bonds. The maximum atomic E-state index is 13.0. The Bertz CT molecular complexity index is 897. The van der Waals surface area contributed by atoms with Crippen molar-refractivity contribution in [2.24, 2.45) is 4.99 Å². The lowest BCUT2D eigenvalue weighted by Gasteiger charge is -2.21. The molecule has 2 aliphatic heterocycles. The number of carbonyl (C=O) groups excluding carboxylic acids is 2. The third-order valence-corrected chi connectivity index (χ3v) is 5.39. The molecule has 0 spiro atoms. The van der Waals surface area contributed by atoms with Crippen LogP contribution < -0.4 is 5.32 Å². The Labute approximate surface area is 165 Å². The largest absolute Gasteiger partial charge is 0.463 e. The van der Waals surface area contributed by atoms with Crippen molar-refractivity contribution in [3.63, 3.8) is 0 Å². The molecule has 4 heterocycles. The fraction of sp³-hybridized carbons (Fsp3) is 0.368. The van der Waals surface area contributed by atoms with E-state index >= 15 is 0 Å². The predicted octanol–water partition coefficient (Wildman–Crippen LogP) is 3.71. The van der Waals surface area contributed by atoms with E-state index in [1.54, 1.807) is 18.3 Å². The molecule has 0 radical (unpaired) electrons. The first kappa shape index (κ1) is 18.6. The number of furan rings is 1. The standard InChI is InChI=1S/C19H19N3O5S/c23-16(13-4-1-2-8-20-13)17-15(14-5-3-9-26-14)21-18(28-17)22-19(24)27-12-6-10-25-11-7-12/h1-3,5,8-9,12-13H,4,6-7,10-11H2,(H,21,22,24). The smallest absolute Gasteiger partial charge is 0.413 e. The number of ether oxygens (including phenoxy) is 2. The summed E-state index contributed by atoms with van der Waals surface area (Å²) in [5.74, 6) is 0.302. The SMILES string of the molecule is O=C(Nc1nc(-c2ccco2)c(C(=O)C2CC=CC=N2)s1)OC1CCOCC1. The number of amides is 1. The highest BCUT2D eigenvalue weighted by Crippen LogP contribution is 2.33. The number of allylic oxidation sites excluding steroid dienone is 1. The van der Waals surface area contributed by atoms with Crippen LogP contribution >= 0.6 is 11.3 Å². The Morgan fingerprint density at radius 1 is 1.29 bits per heavy atom.